The highest BCUT2D eigenvalue weighted by molar-refractivity contribution is 5.77. The topological polar surface area (TPSA) is 46.3 Å². The molecule has 0 aromatic heterocycles. The van der Waals surface area contributed by atoms with Gasteiger partial charge in [0.05, 0.1) is 6.04 Å². The largest absolute Gasteiger partial charge is 0.336 e. The molecule has 0 aliphatic carbocycles. The molecule has 1 aliphatic heterocycles. The molecule has 1 unspecified atom stereocenters. The minimum Gasteiger partial charge on any atom is -0.336 e. The standard InChI is InChI=1S/C16H24N2O/c17-12-6-2-5-11-16(19)18-13-7-10-15(18)14-8-3-1-4-9-14/h1,3-4,8-9,15H,2,5-7,10-13,17H2. The number of amides is 1. The van der Waals surface area contributed by atoms with Crippen LogP contribution in [0.3, 0.4) is 0 Å². The number of likely N-dealkylation sites (tertiary alicyclic amines) is 1. The van der Waals surface area contributed by atoms with E-state index >= 15 is 0 Å². The number of hydrogen-bond acceptors (Lipinski definition) is 2. The zero-order valence-electron chi connectivity index (χ0n) is 11.6. The van der Waals surface area contributed by atoms with Crippen LogP contribution in [0.2, 0.25) is 0 Å². The third-order valence-electron chi connectivity index (χ3n) is 3.85. The van der Waals surface area contributed by atoms with E-state index in [0.717, 1.165) is 45.2 Å². The molecule has 3 heteroatoms. The molecule has 0 bridgehead atoms. The molecule has 1 fully saturated rings. The van der Waals surface area contributed by atoms with E-state index in [1.807, 2.05) is 6.07 Å². The fraction of sp³-hybridized carbons (Fsp3) is 0.562. The monoisotopic (exact) mass is 260 g/mol. The molecule has 2 rings (SSSR count). The van der Waals surface area contributed by atoms with Gasteiger partial charge in [0.2, 0.25) is 5.91 Å². The molecule has 1 aromatic rings. The summed E-state index contributed by atoms with van der Waals surface area (Å²) < 4.78 is 0. The van der Waals surface area contributed by atoms with Crippen LogP contribution >= 0.6 is 0 Å². The van der Waals surface area contributed by atoms with Crippen LogP contribution in [0.5, 0.6) is 0 Å². The number of nitrogens with two attached hydrogens (primary N) is 1. The maximum Gasteiger partial charge on any atom is 0.223 e. The van der Waals surface area contributed by atoms with Crippen LogP contribution in [0.15, 0.2) is 30.3 Å². The Labute approximate surface area is 115 Å². The van der Waals surface area contributed by atoms with Gasteiger partial charge in [-0.15, -0.1) is 0 Å². The van der Waals surface area contributed by atoms with Crippen molar-refractivity contribution in [3.8, 4) is 0 Å². The highest BCUT2D eigenvalue weighted by Gasteiger charge is 2.29. The number of hydrogen-bond donors (Lipinski definition) is 1. The van der Waals surface area contributed by atoms with Gasteiger partial charge in [-0.25, -0.2) is 0 Å². The summed E-state index contributed by atoms with van der Waals surface area (Å²) in [5, 5.41) is 0. The molecule has 1 heterocycles. The summed E-state index contributed by atoms with van der Waals surface area (Å²) in [7, 11) is 0. The summed E-state index contributed by atoms with van der Waals surface area (Å²) in [5.41, 5.74) is 6.74. The van der Waals surface area contributed by atoms with E-state index in [-0.39, 0.29) is 0 Å². The summed E-state index contributed by atoms with van der Waals surface area (Å²) in [6.07, 6.45) is 5.94. The molecule has 2 N–H and O–H groups in total. The first-order valence-electron chi connectivity index (χ1n) is 7.37. The van der Waals surface area contributed by atoms with Gasteiger partial charge in [-0.05, 0) is 37.8 Å². The summed E-state index contributed by atoms with van der Waals surface area (Å²) in [6.45, 7) is 1.64. The van der Waals surface area contributed by atoms with Crippen LogP contribution in [-0.2, 0) is 4.79 Å². The van der Waals surface area contributed by atoms with Crippen molar-refractivity contribution in [1.82, 2.24) is 4.90 Å². The van der Waals surface area contributed by atoms with E-state index in [1.54, 1.807) is 0 Å². The van der Waals surface area contributed by atoms with Gasteiger partial charge in [0.1, 0.15) is 0 Å². The molecule has 0 spiro atoms. The molecule has 1 aliphatic rings. The van der Waals surface area contributed by atoms with Gasteiger partial charge in [0.15, 0.2) is 0 Å². The van der Waals surface area contributed by atoms with Crippen LogP contribution in [0, 0.1) is 0 Å². The van der Waals surface area contributed by atoms with Gasteiger partial charge < -0.3 is 10.6 Å². The Morgan fingerprint density at radius 2 is 2.00 bits per heavy atom. The summed E-state index contributed by atoms with van der Waals surface area (Å²) in [6, 6.07) is 10.7. The predicted octanol–water partition coefficient (Wildman–Crippen LogP) is 2.87. The van der Waals surface area contributed by atoms with Crippen molar-refractivity contribution in [2.45, 2.75) is 44.6 Å². The van der Waals surface area contributed by atoms with E-state index in [4.69, 9.17) is 5.73 Å². The fourth-order valence-corrected chi connectivity index (χ4v) is 2.83. The molecule has 0 radical (unpaired) electrons. The lowest BCUT2D eigenvalue weighted by Gasteiger charge is -2.25. The second-order valence-electron chi connectivity index (χ2n) is 5.26. The maximum atomic E-state index is 12.3. The lowest BCUT2D eigenvalue weighted by atomic mass is 10.0. The highest BCUT2D eigenvalue weighted by atomic mass is 16.2. The predicted molar refractivity (Wildman–Crippen MR) is 77.7 cm³/mol. The zero-order valence-corrected chi connectivity index (χ0v) is 11.6. The second-order valence-corrected chi connectivity index (χ2v) is 5.26. The van der Waals surface area contributed by atoms with Gasteiger partial charge in [0, 0.05) is 13.0 Å². The molecule has 1 saturated heterocycles. The number of rotatable bonds is 6. The Morgan fingerprint density at radius 3 is 2.74 bits per heavy atom. The van der Waals surface area contributed by atoms with Crippen molar-refractivity contribution in [2.75, 3.05) is 13.1 Å². The summed E-state index contributed by atoms with van der Waals surface area (Å²) in [4.78, 5) is 14.4. The number of nitrogens with zero attached hydrogens (tertiary/aromatic N) is 1. The van der Waals surface area contributed by atoms with Crippen LogP contribution in [0.25, 0.3) is 0 Å². The number of carbonyl (C=O) groups is 1. The van der Waals surface area contributed by atoms with E-state index in [2.05, 4.69) is 29.2 Å². The average molecular weight is 260 g/mol. The minimum absolute atomic E-state index is 0.295. The third-order valence-corrected chi connectivity index (χ3v) is 3.85. The first-order valence-corrected chi connectivity index (χ1v) is 7.37. The van der Waals surface area contributed by atoms with Crippen molar-refractivity contribution in [3.05, 3.63) is 35.9 Å². The van der Waals surface area contributed by atoms with Crippen LogP contribution < -0.4 is 5.73 Å². The molecule has 1 aromatic carbocycles. The van der Waals surface area contributed by atoms with Crippen LogP contribution in [0.4, 0.5) is 0 Å². The molecule has 3 nitrogen and oxygen atoms in total. The molecule has 1 atom stereocenters. The van der Waals surface area contributed by atoms with Crippen molar-refractivity contribution in [1.29, 1.82) is 0 Å². The Kier molecular flexibility index (Phi) is 5.40. The smallest absolute Gasteiger partial charge is 0.223 e. The molecule has 1 amide bonds. The molecule has 104 valence electrons. The number of carbonyl (C=O) groups excluding carboxylic acids is 1. The Hall–Kier alpha value is -1.35. The van der Waals surface area contributed by atoms with Gasteiger partial charge in [-0.2, -0.15) is 0 Å². The fourth-order valence-electron chi connectivity index (χ4n) is 2.83. The Bertz CT molecular complexity index is 391. The summed E-state index contributed by atoms with van der Waals surface area (Å²) >= 11 is 0. The van der Waals surface area contributed by atoms with Gasteiger partial charge in [-0.1, -0.05) is 36.8 Å². The lowest BCUT2D eigenvalue weighted by molar-refractivity contribution is -0.132. The van der Waals surface area contributed by atoms with Crippen molar-refractivity contribution < 1.29 is 4.79 Å². The van der Waals surface area contributed by atoms with E-state index in [0.29, 0.717) is 18.4 Å². The molecule has 0 saturated carbocycles. The maximum absolute atomic E-state index is 12.3. The highest BCUT2D eigenvalue weighted by Crippen LogP contribution is 2.32. The minimum atomic E-state index is 0.295. The van der Waals surface area contributed by atoms with Gasteiger partial charge in [-0.3, -0.25) is 4.79 Å². The molecule has 19 heavy (non-hydrogen) atoms. The Morgan fingerprint density at radius 1 is 1.21 bits per heavy atom. The molecular weight excluding hydrogens is 236 g/mol. The van der Waals surface area contributed by atoms with Crippen molar-refractivity contribution in [3.63, 3.8) is 0 Å². The van der Waals surface area contributed by atoms with E-state index in [1.165, 1.54) is 5.56 Å². The van der Waals surface area contributed by atoms with Crippen molar-refractivity contribution in [2.24, 2.45) is 5.73 Å². The first kappa shape index (κ1) is 14.1. The SMILES string of the molecule is NCCCCCC(=O)N1CCCC1c1ccccc1. The van der Waals surface area contributed by atoms with Crippen LogP contribution in [-0.4, -0.2) is 23.9 Å². The first-order chi connectivity index (χ1) is 9.33. The average Bonchev–Trinajstić information content (AvgIpc) is 2.94. The normalized spacial score (nSPS) is 18.8. The van der Waals surface area contributed by atoms with Crippen molar-refractivity contribution >= 4 is 5.91 Å². The second kappa shape index (κ2) is 7.29. The van der Waals surface area contributed by atoms with Gasteiger partial charge >= 0.3 is 0 Å². The Balaban J connectivity index is 1.90. The lowest BCUT2D eigenvalue weighted by Crippen LogP contribution is -2.30. The molecular formula is C16H24N2O. The number of benzene rings is 1. The quantitative estimate of drug-likeness (QED) is 0.799. The van der Waals surface area contributed by atoms with Gasteiger partial charge in [0.25, 0.3) is 0 Å². The third kappa shape index (κ3) is 3.80. The van der Waals surface area contributed by atoms with Crippen LogP contribution in [0.1, 0.15) is 50.1 Å². The van der Waals surface area contributed by atoms with E-state index < -0.39 is 0 Å². The van der Waals surface area contributed by atoms with E-state index in [9.17, 15) is 4.79 Å². The number of unbranched alkanes of at least 4 members (excludes halogenated alkanes) is 2. The summed E-state index contributed by atoms with van der Waals surface area (Å²) in [5.74, 6) is 0.309. The zero-order chi connectivity index (χ0) is 13.5.